The van der Waals surface area contributed by atoms with Crippen LogP contribution in [0.25, 0.3) is 11.4 Å². The molecule has 0 aliphatic heterocycles. The molecule has 0 spiro atoms. The van der Waals surface area contributed by atoms with E-state index in [1.165, 1.54) is 4.90 Å². The third kappa shape index (κ3) is 3.58. The summed E-state index contributed by atoms with van der Waals surface area (Å²) in [7, 11) is 0. The lowest BCUT2D eigenvalue weighted by molar-refractivity contribution is 0.348. The van der Waals surface area contributed by atoms with Gasteiger partial charge in [0.15, 0.2) is 0 Å². The van der Waals surface area contributed by atoms with Gasteiger partial charge in [0.05, 0.1) is 6.04 Å². The summed E-state index contributed by atoms with van der Waals surface area (Å²) >= 11 is 1.81. The maximum Gasteiger partial charge on any atom is 0.243 e. The standard InChI is InChI=1S/C14H19N3OS/c1-3-5-12(15)14-16-13(17-18-14)10-6-8-11(9-7-10)19-4-2/h6-9,12H,3-5,15H2,1-2H3/t12-/m0/s1. The molecule has 2 N–H and O–H groups in total. The van der Waals surface area contributed by atoms with E-state index in [-0.39, 0.29) is 6.04 Å². The van der Waals surface area contributed by atoms with Crippen LogP contribution in [0.15, 0.2) is 33.7 Å². The Labute approximate surface area is 117 Å². The highest BCUT2D eigenvalue weighted by Gasteiger charge is 2.14. The molecule has 19 heavy (non-hydrogen) atoms. The van der Waals surface area contributed by atoms with E-state index in [0.29, 0.717) is 11.7 Å². The van der Waals surface area contributed by atoms with E-state index < -0.39 is 0 Å². The predicted molar refractivity (Wildman–Crippen MR) is 78.0 cm³/mol. The van der Waals surface area contributed by atoms with Gasteiger partial charge in [-0.3, -0.25) is 0 Å². The molecule has 102 valence electrons. The van der Waals surface area contributed by atoms with Gasteiger partial charge < -0.3 is 10.3 Å². The maximum atomic E-state index is 5.96. The average molecular weight is 277 g/mol. The first kappa shape index (κ1) is 14.1. The van der Waals surface area contributed by atoms with Crippen molar-refractivity contribution in [3.8, 4) is 11.4 Å². The van der Waals surface area contributed by atoms with Crippen LogP contribution < -0.4 is 5.73 Å². The van der Waals surface area contributed by atoms with Crippen molar-refractivity contribution in [1.82, 2.24) is 10.1 Å². The van der Waals surface area contributed by atoms with Crippen molar-refractivity contribution in [1.29, 1.82) is 0 Å². The lowest BCUT2D eigenvalue weighted by atomic mass is 10.2. The summed E-state index contributed by atoms with van der Waals surface area (Å²) in [5, 5.41) is 3.99. The predicted octanol–water partition coefficient (Wildman–Crippen LogP) is 3.65. The molecule has 0 bridgehead atoms. The van der Waals surface area contributed by atoms with Crippen LogP contribution in [-0.4, -0.2) is 15.9 Å². The highest BCUT2D eigenvalue weighted by molar-refractivity contribution is 7.99. The van der Waals surface area contributed by atoms with E-state index in [9.17, 15) is 0 Å². The summed E-state index contributed by atoms with van der Waals surface area (Å²) in [5.74, 6) is 2.19. The Balaban J connectivity index is 2.13. The molecule has 0 aliphatic rings. The molecule has 1 heterocycles. The Morgan fingerprint density at radius 3 is 2.63 bits per heavy atom. The molecular formula is C14H19N3OS. The van der Waals surface area contributed by atoms with Gasteiger partial charge >= 0.3 is 0 Å². The van der Waals surface area contributed by atoms with E-state index in [2.05, 4.69) is 36.1 Å². The van der Waals surface area contributed by atoms with E-state index in [1.807, 2.05) is 23.9 Å². The smallest absolute Gasteiger partial charge is 0.243 e. The normalized spacial score (nSPS) is 12.6. The zero-order valence-electron chi connectivity index (χ0n) is 11.3. The number of rotatable bonds is 6. The molecule has 0 amide bonds. The molecule has 2 rings (SSSR count). The van der Waals surface area contributed by atoms with E-state index >= 15 is 0 Å². The van der Waals surface area contributed by atoms with Crippen molar-refractivity contribution in [2.45, 2.75) is 37.6 Å². The molecule has 0 aliphatic carbocycles. The number of hydrogen-bond acceptors (Lipinski definition) is 5. The summed E-state index contributed by atoms with van der Waals surface area (Å²) in [5.41, 5.74) is 6.92. The van der Waals surface area contributed by atoms with Crippen molar-refractivity contribution < 1.29 is 4.52 Å². The molecule has 1 atom stereocenters. The van der Waals surface area contributed by atoms with Crippen molar-refractivity contribution in [3.05, 3.63) is 30.2 Å². The van der Waals surface area contributed by atoms with Gasteiger partial charge in [-0.05, 0) is 36.4 Å². The highest BCUT2D eigenvalue weighted by Crippen LogP contribution is 2.23. The fourth-order valence-electron chi connectivity index (χ4n) is 1.80. The number of nitrogens with two attached hydrogens (primary N) is 1. The molecule has 4 nitrogen and oxygen atoms in total. The van der Waals surface area contributed by atoms with Crippen LogP contribution in [0, 0.1) is 0 Å². The van der Waals surface area contributed by atoms with E-state index in [1.54, 1.807) is 0 Å². The SMILES string of the molecule is CCC[C@H](N)c1nc(-c2ccc(SCC)cc2)no1. The van der Waals surface area contributed by atoms with E-state index in [0.717, 1.165) is 24.2 Å². The van der Waals surface area contributed by atoms with Crippen molar-refractivity contribution >= 4 is 11.8 Å². The van der Waals surface area contributed by atoms with Crippen LogP contribution in [0.1, 0.15) is 38.6 Å². The Bertz CT molecular complexity index is 510. The molecular weight excluding hydrogens is 258 g/mol. The molecule has 0 unspecified atom stereocenters. The number of thioether (sulfide) groups is 1. The van der Waals surface area contributed by atoms with Gasteiger partial charge in [-0.15, -0.1) is 11.8 Å². The molecule has 0 saturated heterocycles. The molecule has 0 saturated carbocycles. The van der Waals surface area contributed by atoms with Gasteiger partial charge in [0.1, 0.15) is 0 Å². The van der Waals surface area contributed by atoms with Crippen molar-refractivity contribution in [3.63, 3.8) is 0 Å². The first-order valence-electron chi connectivity index (χ1n) is 6.57. The second kappa shape index (κ2) is 6.73. The Morgan fingerprint density at radius 2 is 2.00 bits per heavy atom. The molecule has 1 aromatic heterocycles. The monoisotopic (exact) mass is 277 g/mol. The quantitative estimate of drug-likeness (QED) is 0.816. The Hall–Kier alpha value is -1.33. The van der Waals surface area contributed by atoms with Crippen molar-refractivity contribution in [2.75, 3.05) is 5.75 Å². The van der Waals surface area contributed by atoms with Crippen LogP contribution in [0.4, 0.5) is 0 Å². The molecule has 0 fully saturated rings. The van der Waals surface area contributed by atoms with Crippen LogP contribution in [-0.2, 0) is 0 Å². The zero-order valence-corrected chi connectivity index (χ0v) is 12.1. The molecule has 5 heteroatoms. The lowest BCUT2D eigenvalue weighted by Crippen LogP contribution is -2.09. The van der Waals surface area contributed by atoms with Crippen molar-refractivity contribution in [2.24, 2.45) is 5.73 Å². The Morgan fingerprint density at radius 1 is 1.26 bits per heavy atom. The summed E-state index contributed by atoms with van der Waals surface area (Å²) in [4.78, 5) is 5.61. The maximum absolute atomic E-state index is 5.96. The van der Waals surface area contributed by atoms with Crippen LogP contribution >= 0.6 is 11.8 Å². The Kier molecular flexibility index (Phi) is 4.99. The molecule has 0 radical (unpaired) electrons. The fraction of sp³-hybridized carbons (Fsp3) is 0.429. The third-order valence-electron chi connectivity index (χ3n) is 2.78. The topological polar surface area (TPSA) is 64.9 Å². The number of aromatic nitrogens is 2. The van der Waals surface area contributed by atoms with Gasteiger partial charge in [0.25, 0.3) is 0 Å². The van der Waals surface area contributed by atoms with Crippen LogP contribution in [0.2, 0.25) is 0 Å². The summed E-state index contributed by atoms with van der Waals surface area (Å²) in [6.07, 6.45) is 1.86. The fourth-order valence-corrected chi connectivity index (χ4v) is 2.47. The first-order chi connectivity index (χ1) is 9.24. The van der Waals surface area contributed by atoms with Crippen LogP contribution in [0.5, 0.6) is 0 Å². The summed E-state index contributed by atoms with van der Waals surface area (Å²) in [6.45, 7) is 4.22. The highest BCUT2D eigenvalue weighted by atomic mass is 32.2. The van der Waals surface area contributed by atoms with Gasteiger partial charge in [0.2, 0.25) is 11.7 Å². The minimum Gasteiger partial charge on any atom is -0.337 e. The summed E-state index contributed by atoms with van der Waals surface area (Å²) in [6, 6.07) is 8.01. The lowest BCUT2D eigenvalue weighted by Gasteiger charge is -2.02. The average Bonchev–Trinajstić information content (AvgIpc) is 2.90. The van der Waals surface area contributed by atoms with Gasteiger partial charge in [-0.25, -0.2) is 0 Å². The minimum absolute atomic E-state index is 0.166. The second-order valence-corrected chi connectivity index (χ2v) is 5.65. The number of nitrogens with zero attached hydrogens (tertiary/aromatic N) is 2. The largest absolute Gasteiger partial charge is 0.337 e. The summed E-state index contributed by atoms with van der Waals surface area (Å²) < 4.78 is 5.22. The number of benzene rings is 1. The first-order valence-corrected chi connectivity index (χ1v) is 7.55. The van der Waals surface area contributed by atoms with Crippen LogP contribution in [0.3, 0.4) is 0 Å². The third-order valence-corrected chi connectivity index (χ3v) is 3.68. The minimum atomic E-state index is -0.166. The van der Waals surface area contributed by atoms with E-state index in [4.69, 9.17) is 10.3 Å². The number of hydrogen-bond donors (Lipinski definition) is 1. The van der Waals surface area contributed by atoms with Gasteiger partial charge in [-0.2, -0.15) is 4.98 Å². The zero-order chi connectivity index (χ0) is 13.7. The molecule has 2 aromatic rings. The van der Waals surface area contributed by atoms with Gasteiger partial charge in [-0.1, -0.05) is 25.4 Å². The molecule has 1 aromatic carbocycles. The van der Waals surface area contributed by atoms with Gasteiger partial charge in [0, 0.05) is 10.5 Å². The second-order valence-electron chi connectivity index (χ2n) is 4.31.